The van der Waals surface area contributed by atoms with E-state index in [0.29, 0.717) is 0 Å². The van der Waals surface area contributed by atoms with Gasteiger partial charge < -0.3 is 14.0 Å². The van der Waals surface area contributed by atoms with Crippen LogP contribution in [-0.4, -0.2) is 31.6 Å². The van der Waals surface area contributed by atoms with Crippen molar-refractivity contribution in [1.29, 1.82) is 0 Å². The summed E-state index contributed by atoms with van der Waals surface area (Å²) in [4.78, 5) is 0. The molecule has 0 N–H and O–H groups in total. The molecular formula is C15H19BF4O3. The molecule has 0 amide bonds. The Labute approximate surface area is 133 Å². The van der Waals surface area contributed by atoms with Crippen LogP contribution in [0.4, 0.5) is 17.6 Å². The summed E-state index contributed by atoms with van der Waals surface area (Å²) in [6.07, 6.45) is -5.67. The molecule has 2 rings (SSSR count). The van der Waals surface area contributed by atoms with Gasteiger partial charge in [-0.25, -0.2) is 4.39 Å². The Morgan fingerprint density at radius 1 is 1.09 bits per heavy atom. The van der Waals surface area contributed by atoms with Crippen LogP contribution in [0.1, 0.15) is 33.3 Å². The second-order valence-electron chi connectivity index (χ2n) is 6.58. The van der Waals surface area contributed by atoms with Crippen LogP contribution in [0.3, 0.4) is 0 Å². The Balaban J connectivity index is 2.45. The van der Waals surface area contributed by atoms with Gasteiger partial charge in [0.05, 0.1) is 24.7 Å². The van der Waals surface area contributed by atoms with Gasteiger partial charge in [-0.2, -0.15) is 13.2 Å². The molecule has 0 saturated carbocycles. The van der Waals surface area contributed by atoms with E-state index >= 15 is 0 Å². The lowest BCUT2D eigenvalue weighted by Gasteiger charge is -2.32. The molecule has 23 heavy (non-hydrogen) atoms. The van der Waals surface area contributed by atoms with E-state index in [0.717, 1.165) is 6.07 Å². The maximum Gasteiger partial charge on any atom is 0.498 e. The average Bonchev–Trinajstić information content (AvgIpc) is 2.55. The number of benzene rings is 1. The topological polar surface area (TPSA) is 27.7 Å². The van der Waals surface area contributed by atoms with Crippen LogP contribution in [0.2, 0.25) is 0 Å². The van der Waals surface area contributed by atoms with E-state index in [1.54, 1.807) is 27.7 Å². The fourth-order valence-corrected chi connectivity index (χ4v) is 2.37. The molecular weight excluding hydrogens is 315 g/mol. The predicted octanol–water partition coefficient (Wildman–Crippen LogP) is 3.24. The highest BCUT2D eigenvalue weighted by Gasteiger charge is 2.52. The van der Waals surface area contributed by atoms with E-state index in [-0.39, 0.29) is 16.8 Å². The van der Waals surface area contributed by atoms with Crippen molar-refractivity contribution in [1.82, 2.24) is 0 Å². The lowest BCUT2D eigenvalue weighted by Crippen LogP contribution is -2.41. The molecule has 8 heteroatoms. The smallest absolute Gasteiger partial charge is 0.494 e. The zero-order chi connectivity index (χ0) is 17.6. The summed E-state index contributed by atoms with van der Waals surface area (Å²) in [6, 6.07) is 2.04. The highest BCUT2D eigenvalue weighted by molar-refractivity contribution is 6.63. The first-order valence-corrected chi connectivity index (χ1v) is 7.15. The van der Waals surface area contributed by atoms with Crippen LogP contribution >= 0.6 is 0 Å². The van der Waals surface area contributed by atoms with Crippen molar-refractivity contribution in [2.45, 2.75) is 51.5 Å². The third-order valence-corrected chi connectivity index (χ3v) is 4.25. The number of ether oxygens (including phenoxy) is 1. The van der Waals surface area contributed by atoms with Gasteiger partial charge in [0.1, 0.15) is 0 Å². The maximum absolute atomic E-state index is 14.1. The van der Waals surface area contributed by atoms with E-state index in [4.69, 9.17) is 14.0 Å². The summed E-state index contributed by atoms with van der Waals surface area (Å²) in [7, 11) is 0.244. The van der Waals surface area contributed by atoms with E-state index in [9.17, 15) is 17.6 Å². The fourth-order valence-electron chi connectivity index (χ4n) is 2.37. The van der Waals surface area contributed by atoms with Crippen molar-refractivity contribution < 1.29 is 31.6 Å². The predicted molar refractivity (Wildman–Crippen MR) is 78.4 cm³/mol. The molecule has 0 aromatic heterocycles. The molecule has 0 spiro atoms. The number of methoxy groups -OCH3 is 1. The van der Waals surface area contributed by atoms with Gasteiger partial charge in [-0.05, 0) is 39.3 Å². The van der Waals surface area contributed by atoms with Crippen LogP contribution in [-0.2, 0) is 15.7 Å². The Kier molecular flexibility index (Phi) is 4.45. The van der Waals surface area contributed by atoms with Crippen LogP contribution in [0.15, 0.2) is 12.1 Å². The molecule has 0 bridgehead atoms. The number of halogens is 4. The van der Waals surface area contributed by atoms with Gasteiger partial charge >= 0.3 is 13.3 Å². The van der Waals surface area contributed by atoms with Gasteiger partial charge in [0.15, 0.2) is 11.6 Å². The van der Waals surface area contributed by atoms with Gasteiger partial charge in [-0.3, -0.25) is 0 Å². The zero-order valence-electron chi connectivity index (χ0n) is 13.7. The first-order valence-electron chi connectivity index (χ1n) is 7.15. The molecule has 3 nitrogen and oxygen atoms in total. The molecule has 128 valence electrons. The minimum absolute atomic E-state index is 0.116. The second-order valence-corrected chi connectivity index (χ2v) is 6.58. The summed E-state index contributed by atoms with van der Waals surface area (Å²) in [5.74, 6) is -1.05. The molecule has 1 aromatic rings. The van der Waals surface area contributed by atoms with E-state index in [1.807, 2.05) is 0 Å². The Morgan fingerprint density at radius 3 is 2.04 bits per heavy atom. The number of hydrogen-bond acceptors (Lipinski definition) is 3. The van der Waals surface area contributed by atoms with Crippen molar-refractivity contribution in [3.8, 4) is 5.75 Å². The molecule has 0 atom stereocenters. The highest BCUT2D eigenvalue weighted by Crippen LogP contribution is 2.37. The van der Waals surface area contributed by atoms with Gasteiger partial charge in [0, 0.05) is 5.46 Å². The highest BCUT2D eigenvalue weighted by atomic mass is 19.4. The summed E-state index contributed by atoms with van der Waals surface area (Å²) in [5.41, 5.74) is -1.48. The number of alkyl halides is 3. The molecule has 0 unspecified atom stereocenters. The molecule has 1 heterocycles. The Morgan fingerprint density at radius 2 is 1.61 bits per heavy atom. The van der Waals surface area contributed by atoms with E-state index in [1.165, 1.54) is 13.2 Å². The van der Waals surface area contributed by atoms with Crippen molar-refractivity contribution in [2.75, 3.05) is 7.11 Å². The van der Waals surface area contributed by atoms with Crippen molar-refractivity contribution >= 4 is 12.6 Å². The van der Waals surface area contributed by atoms with Crippen LogP contribution in [0.5, 0.6) is 5.75 Å². The minimum atomic E-state index is -4.44. The molecule has 0 aliphatic carbocycles. The molecule has 1 fully saturated rings. The average molecular weight is 334 g/mol. The summed E-state index contributed by atoms with van der Waals surface area (Å²) < 4.78 is 68.5. The zero-order valence-corrected chi connectivity index (χ0v) is 13.7. The molecule has 1 aliphatic rings. The SMILES string of the molecule is COc1c(F)cc(CC(F)(F)F)cc1B1OC(C)(C)C(C)(C)O1. The van der Waals surface area contributed by atoms with Crippen LogP contribution in [0.25, 0.3) is 0 Å². The van der Waals surface area contributed by atoms with Crippen molar-refractivity contribution in [3.63, 3.8) is 0 Å². The maximum atomic E-state index is 14.1. The first kappa shape index (κ1) is 18.1. The number of rotatable bonds is 3. The largest absolute Gasteiger partial charge is 0.498 e. The van der Waals surface area contributed by atoms with E-state index < -0.39 is 36.7 Å². The number of hydrogen-bond donors (Lipinski definition) is 0. The quantitative estimate of drug-likeness (QED) is 0.627. The molecule has 1 saturated heterocycles. The van der Waals surface area contributed by atoms with Crippen LogP contribution in [0, 0.1) is 5.82 Å². The summed E-state index contributed by atoms with van der Waals surface area (Å²) in [5, 5.41) is 0. The van der Waals surface area contributed by atoms with Crippen molar-refractivity contribution in [3.05, 3.63) is 23.5 Å². The van der Waals surface area contributed by atoms with Gasteiger partial charge in [0.25, 0.3) is 0 Å². The lowest BCUT2D eigenvalue weighted by molar-refractivity contribution is -0.127. The van der Waals surface area contributed by atoms with Crippen molar-refractivity contribution in [2.24, 2.45) is 0 Å². The molecule has 0 radical (unpaired) electrons. The summed E-state index contributed by atoms with van der Waals surface area (Å²) >= 11 is 0. The monoisotopic (exact) mass is 334 g/mol. The molecule has 1 aromatic carbocycles. The molecule has 1 aliphatic heterocycles. The minimum Gasteiger partial charge on any atom is -0.494 e. The standard InChI is InChI=1S/C15H19BF4O3/c1-13(2)14(3,4)23-16(22-13)10-6-9(8-15(18,19)20)7-11(17)12(10)21-5/h6-7H,8H2,1-5H3. The second kappa shape index (κ2) is 5.67. The first-order chi connectivity index (χ1) is 10.4. The fraction of sp³-hybridized carbons (Fsp3) is 0.600. The van der Waals surface area contributed by atoms with Crippen LogP contribution < -0.4 is 10.2 Å². The lowest BCUT2D eigenvalue weighted by atomic mass is 9.77. The van der Waals surface area contributed by atoms with E-state index in [2.05, 4.69) is 0 Å². The Bertz CT molecular complexity index is 583. The Hall–Kier alpha value is -1.28. The normalized spacial score (nSPS) is 20.0. The van der Waals surface area contributed by atoms with Gasteiger partial charge in [-0.15, -0.1) is 0 Å². The summed E-state index contributed by atoms with van der Waals surface area (Å²) in [6.45, 7) is 7.20. The van der Waals surface area contributed by atoms with Gasteiger partial charge in [-0.1, -0.05) is 6.07 Å². The third-order valence-electron chi connectivity index (χ3n) is 4.25. The van der Waals surface area contributed by atoms with Gasteiger partial charge in [0.2, 0.25) is 0 Å². The third kappa shape index (κ3) is 3.63.